The molecule has 3 N–H and O–H groups in total. The lowest BCUT2D eigenvalue weighted by Crippen LogP contribution is -2.24. The molecular formula is C23H27N3O4. The van der Waals surface area contributed by atoms with E-state index in [1.54, 1.807) is 19.1 Å². The van der Waals surface area contributed by atoms with Crippen molar-refractivity contribution in [2.45, 2.75) is 39.5 Å². The number of nitrogens with one attached hydrogen (secondary N) is 3. The average Bonchev–Trinajstić information content (AvgIpc) is 3.25. The van der Waals surface area contributed by atoms with E-state index in [4.69, 9.17) is 4.74 Å². The van der Waals surface area contributed by atoms with E-state index in [1.807, 2.05) is 31.2 Å². The van der Waals surface area contributed by atoms with Gasteiger partial charge < -0.3 is 20.4 Å². The first-order valence-corrected chi connectivity index (χ1v) is 10.3. The Hall–Kier alpha value is -3.35. The van der Waals surface area contributed by atoms with Crippen molar-refractivity contribution < 1.29 is 19.1 Å². The molecule has 2 amide bonds. The maximum Gasteiger partial charge on any atom is 0.305 e. The maximum absolute atomic E-state index is 12.4. The highest BCUT2D eigenvalue weighted by Gasteiger charge is 2.24. The van der Waals surface area contributed by atoms with Gasteiger partial charge in [0.1, 0.15) is 5.69 Å². The zero-order valence-corrected chi connectivity index (χ0v) is 17.3. The summed E-state index contributed by atoms with van der Waals surface area (Å²) in [6, 6.07) is 9.30. The van der Waals surface area contributed by atoms with Gasteiger partial charge in [0.15, 0.2) is 0 Å². The Kier molecular flexibility index (Phi) is 7.06. The largest absolute Gasteiger partial charge is 0.466 e. The van der Waals surface area contributed by atoms with Gasteiger partial charge in [-0.05, 0) is 50.5 Å². The molecule has 0 fully saturated rings. The number of fused-ring (bicyclic) bond motifs is 1. The average molecular weight is 409 g/mol. The monoisotopic (exact) mass is 409 g/mol. The molecule has 2 heterocycles. The smallest absolute Gasteiger partial charge is 0.305 e. The van der Waals surface area contributed by atoms with Crippen LogP contribution in [0, 0.1) is 6.92 Å². The fourth-order valence-corrected chi connectivity index (χ4v) is 3.37. The number of para-hydroxylation sites is 1. The summed E-state index contributed by atoms with van der Waals surface area (Å²) < 4.78 is 4.89. The quantitative estimate of drug-likeness (QED) is 0.334. The van der Waals surface area contributed by atoms with Gasteiger partial charge in [0, 0.05) is 29.9 Å². The highest BCUT2D eigenvalue weighted by Crippen LogP contribution is 2.33. The molecule has 0 unspecified atom stereocenters. The Morgan fingerprint density at radius 2 is 1.97 bits per heavy atom. The van der Waals surface area contributed by atoms with Gasteiger partial charge in [0.05, 0.1) is 12.2 Å². The molecule has 0 spiro atoms. The second kappa shape index (κ2) is 9.91. The zero-order valence-electron chi connectivity index (χ0n) is 17.3. The molecule has 0 saturated carbocycles. The number of esters is 1. The Morgan fingerprint density at radius 3 is 2.77 bits per heavy atom. The first-order chi connectivity index (χ1) is 14.5. The number of unbranched alkanes of at least 4 members (excludes halogenated alkanes) is 2. The molecule has 2 aromatic rings. The molecule has 0 atom stereocenters. The number of amides is 2. The fraction of sp³-hybridized carbons (Fsp3) is 0.348. The van der Waals surface area contributed by atoms with E-state index in [9.17, 15) is 14.4 Å². The molecule has 0 bridgehead atoms. The van der Waals surface area contributed by atoms with Crippen LogP contribution >= 0.6 is 0 Å². The SMILES string of the molecule is CCOC(=O)CCCCCNC(=O)c1cc(C)c(/C=C2\C(=O)Nc3ccccc32)[nH]1. The Morgan fingerprint density at radius 1 is 1.17 bits per heavy atom. The molecule has 1 aliphatic rings. The van der Waals surface area contributed by atoms with Crippen LogP contribution in [0.15, 0.2) is 30.3 Å². The minimum atomic E-state index is -0.190. The maximum atomic E-state index is 12.4. The number of H-pyrrole nitrogens is 1. The van der Waals surface area contributed by atoms with E-state index < -0.39 is 0 Å². The number of rotatable bonds is 9. The van der Waals surface area contributed by atoms with Gasteiger partial charge in [-0.2, -0.15) is 0 Å². The summed E-state index contributed by atoms with van der Waals surface area (Å²) in [7, 11) is 0. The van der Waals surface area contributed by atoms with Crippen molar-refractivity contribution in [3.05, 3.63) is 52.8 Å². The standard InChI is InChI=1S/C23H27N3O4/c1-3-30-21(27)11-5-4-8-12-24-23(29)20-13-15(2)19(25-20)14-17-16-9-6-7-10-18(16)26-22(17)28/h6-7,9-10,13-14,25H,3-5,8,11-12H2,1-2H3,(H,24,29)(H,26,28)/b17-14-. The number of anilines is 1. The minimum Gasteiger partial charge on any atom is -0.466 e. The van der Waals surface area contributed by atoms with Crippen molar-refractivity contribution in [1.82, 2.24) is 10.3 Å². The normalized spacial score (nSPS) is 13.8. The first-order valence-electron chi connectivity index (χ1n) is 10.3. The number of benzene rings is 1. The highest BCUT2D eigenvalue weighted by molar-refractivity contribution is 6.34. The van der Waals surface area contributed by atoms with Crippen LogP contribution in [0.2, 0.25) is 0 Å². The van der Waals surface area contributed by atoms with Crippen LogP contribution in [0.1, 0.15) is 59.9 Å². The van der Waals surface area contributed by atoms with E-state index >= 15 is 0 Å². The molecule has 1 aromatic carbocycles. The number of hydrogen-bond acceptors (Lipinski definition) is 4. The van der Waals surface area contributed by atoms with Gasteiger partial charge in [-0.15, -0.1) is 0 Å². The number of aryl methyl sites for hydroxylation is 1. The van der Waals surface area contributed by atoms with E-state index in [1.165, 1.54) is 0 Å². The van der Waals surface area contributed by atoms with Crippen LogP contribution < -0.4 is 10.6 Å². The van der Waals surface area contributed by atoms with Gasteiger partial charge in [-0.3, -0.25) is 14.4 Å². The van der Waals surface area contributed by atoms with E-state index in [0.29, 0.717) is 30.8 Å². The summed E-state index contributed by atoms with van der Waals surface area (Å²) in [4.78, 5) is 39.1. The molecule has 30 heavy (non-hydrogen) atoms. The second-order valence-electron chi connectivity index (χ2n) is 7.21. The molecular weight excluding hydrogens is 382 g/mol. The summed E-state index contributed by atoms with van der Waals surface area (Å²) in [5.74, 6) is -0.521. The molecule has 1 aromatic heterocycles. The van der Waals surface area contributed by atoms with Crippen LogP contribution in [0.3, 0.4) is 0 Å². The van der Waals surface area contributed by atoms with Crippen molar-refractivity contribution in [3.63, 3.8) is 0 Å². The molecule has 0 radical (unpaired) electrons. The van der Waals surface area contributed by atoms with E-state index in [2.05, 4.69) is 15.6 Å². The van der Waals surface area contributed by atoms with Gasteiger partial charge in [0.2, 0.25) is 0 Å². The zero-order chi connectivity index (χ0) is 21.5. The molecule has 7 nitrogen and oxygen atoms in total. The molecule has 7 heteroatoms. The summed E-state index contributed by atoms with van der Waals surface area (Å²) in [6.07, 6.45) is 4.57. The van der Waals surface area contributed by atoms with Crippen molar-refractivity contribution in [1.29, 1.82) is 0 Å². The third-order valence-electron chi connectivity index (χ3n) is 4.95. The van der Waals surface area contributed by atoms with Crippen molar-refractivity contribution in [2.75, 3.05) is 18.5 Å². The van der Waals surface area contributed by atoms with Crippen LogP contribution in [0.5, 0.6) is 0 Å². The summed E-state index contributed by atoms with van der Waals surface area (Å²) in [6.45, 7) is 4.62. The van der Waals surface area contributed by atoms with Gasteiger partial charge in [0.25, 0.3) is 11.8 Å². The molecule has 0 aliphatic carbocycles. The van der Waals surface area contributed by atoms with Gasteiger partial charge in [-0.1, -0.05) is 24.6 Å². The van der Waals surface area contributed by atoms with Crippen molar-refractivity contribution >= 4 is 35.1 Å². The lowest BCUT2D eigenvalue weighted by Gasteiger charge is -2.04. The Bertz CT molecular complexity index is 975. The number of aromatic nitrogens is 1. The first kappa shape index (κ1) is 21.4. The number of carbonyl (C=O) groups excluding carboxylic acids is 3. The predicted octanol–water partition coefficient (Wildman–Crippen LogP) is 3.67. The third-order valence-corrected chi connectivity index (χ3v) is 4.95. The second-order valence-corrected chi connectivity index (χ2v) is 7.21. The lowest BCUT2D eigenvalue weighted by molar-refractivity contribution is -0.143. The molecule has 0 saturated heterocycles. The predicted molar refractivity (Wildman–Crippen MR) is 116 cm³/mol. The number of carbonyl (C=O) groups is 3. The van der Waals surface area contributed by atoms with Crippen LogP contribution in [0.4, 0.5) is 5.69 Å². The number of ether oxygens (including phenoxy) is 1. The topological polar surface area (TPSA) is 100 Å². The van der Waals surface area contributed by atoms with Gasteiger partial charge in [-0.25, -0.2) is 0 Å². The summed E-state index contributed by atoms with van der Waals surface area (Å²) in [5, 5.41) is 5.73. The fourth-order valence-electron chi connectivity index (χ4n) is 3.37. The summed E-state index contributed by atoms with van der Waals surface area (Å²) in [5.41, 5.74) is 4.29. The highest BCUT2D eigenvalue weighted by atomic mass is 16.5. The van der Waals surface area contributed by atoms with Crippen molar-refractivity contribution in [2.24, 2.45) is 0 Å². The molecule has 3 rings (SSSR count). The van der Waals surface area contributed by atoms with Crippen LogP contribution in [-0.2, 0) is 14.3 Å². The number of hydrogen-bond donors (Lipinski definition) is 3. The minimum absolute atomic E-state index is 0.154. The third kappa shape index (κ3) is 5.17. The van der Waals surface area contributed by atoms with Crippen LogP contribution in [-0.4, -0.2) is 35.9 Å². The lowest BCUT2D eigenvalue weighted by atomic mass is 10.1. The Labute approximate surface area is 175 Å². The number of aromatic amines is 1. The van der Waals surface area contributed by atoms with Crippen molar-refractivity contribution in [3.8, 4) is 0 Å². The molecule has 1 aliphatic heterocycles. The van der Waals surface area contributed by atoms with E-state index in [0.717, 1.165) is 41.8 Å². The van der Waals surface area contributed by atoms with E-state index in [-0.39, 0.29) is 17.8 Å². The van der Waals surface area contributed by atoms with Crippen LogP contribution in [0.25, 0.3) is 11.6 Å². The Balaban J connectivity index is 1.54. The molecule has 158 valence electrons. The van der Waals surface area contributed by atoms with Gasteiger partial charge >= 0.3 is 5.97 Å². The summed E-state index contributed by atoms with van der Waals surface area (Å²) >= 11 is 0.